The number of aliphatic carboxylic acids is 1. The van der Waals surface area contributed by atoms with Gasteiger partial charge in [0.1, 0.15) is 0 Å². The van der Waals surface area contributed by atoms with Gasteiger partial charge in [0.05, 0.1) is 5.92 Å². The molecule has 0 aromatic heterocycles. The van der Waals surface area contributed by atoms with Gasteiger partial charge in [0, 0.05) is 12.6 Å². The van der Waals surface area contributed by atoms with E-state index in [0.29, 0.717) is 31.2 Å². The first-order valence-electron chi connectivity index (χ1n) is 8.19. The van der Waals surface area contributed by atoms with E-state index in [2.05, 4.69) is 24.5 Å². The lowest BCUT2D eigenvalue weighted by atomic mass is 9.78. The second-order valence-corrected chi connectivity index (χ2v) is 6.58. The van der Waals surface area contributed by atoms with E-state index < -0.39 is 5.97 Å². The van der Waals surface area contributed by atoms with Crippen molar-refractivity contribution >= 4 is 12.0 Å². The van der Waals surface area contributed by atoms with E-state index in [1.54, 1.807) is 6.92 Å². The maximum atomic E-state index is 11.9. The molecule has 3 unspecified atom stereocenters. The Morgan fingerprint density at radius 2 is 1.86 bits per heavy atom. The van der Waals surface area contributed by atoms with Gasteiger partial charge in [0.15, 0.2) is 0 Å². The molecular formula is C16H30N2O3. The highest BCUT2D eigenvalue weighted by atomic mass is 16.4. The number of rotatable bonds is 7. The van der Waals surface area contributed by atoms with E-state index in [1.807, 2.05) is 0 Å². The molecule has 0 radical (unpaired) electrons. The molecule has 2 amide bonds. The van der Waals surface area contributed by atoms with Crippen molar-refractivity contribution in [3.05, 3.63) is 0 Å². The van der Waals surface area contributed by atoms with Crippen LogP contribution in [0.3, 0.4) is 0 Å². The van der Waals surface area contributed by atoms with E-state index >= 15 is 0 Å². The Labute approximate surface area is 127 Å². The van der Waals surface area contributed by atoms with Gasteiger partial charge in [-0.05, 0) is 37.5 Å². The molecule has 0 bridgehead atoms. The SMILES string of the molecule is CC(CCCNC(=O)NC1CCCCC1C(C)C)C(=O)O. The molecule has 0 aromatic rings. The summed E-state index contributed by atoms with van der Waals surface area (Å²) in [7, 11) is 0. The van der Waals surface area contributed by atoms with Gasteiger partial charge in [-0.15, -0.1) is 0 Å². The van der Waals surface area contributed by atoms with Gasteiger partial charge in [-0.1, -0.05) is 33.6 Å². The monoisotopic (exact) mass is 298 g/mol. The van der Waals surface area contributed by atoms with Gasteiger partial charge in [0.25, 0.3) is 0 Å². The van der Waals surface area contributed by atoms with E-state index in [0.717, 1.165) is 6.42 Å². The molecule has 1 aliphatic carbocycles. The maximum Gasteiger partial charge on any atom is 0.315 e. The van der Waals surface area contributed by atoms with Gasteiger partial charge in [0.2, 0.25) is 0 Å². The second kappa shape index (κ2) is 8.90. The van der Waals surface area contributed by atoms with Crippen LogP contribution in [0.4, 0.5) is 4.79 Å². The Morgan fingerprint density at radius 3 is 2.48 bits per heavy atom. The number of amides is 2. The minimum atomic E-state index is -0.776. The lowest BCUT2D eigenvalue weighted by Gasteiger charge is -2.34. The molecule has 5 nitrogen and oxygen atoms in total. The number of hydrogen-bond acceptors (Lipinski definition) is 2. The van der Waals surface area contributed by atoms with E-state index in [-0.39, 0.29) is 18.0 Å². The summed E-state index contributed by atoms with van der Waals surface area (Å²) in [6, 6.07) is 0.159. The van der Waals surface area contributed by atoms with Crippen LogP contribution in [0.2, 0.25) is 0 Å². The summed E-state index contributed by atoms with van der Waals surface area (Å²) in [4.78, 5) is 22.6. The van der Waals surface area contributed by atoms with Crippen LogP contribution >= 0.6 is 0 Å². The van der Waals surface area contributed by atoms with Crippen LogP contribution in [-0.2, 0) is 4.79 Å². The van der Waals surface area contributed by atoms with Crippen LogP contribution in [0.5, 0.6) is 0 Å². The summed E-state index contributed by atoms with van der Waals surface area (Å²) in [5.74, 6) is 0.0310. The molecule has 122 valence electrons. The largest absolute Gasteiger partial charge is 0.481 e. The standard InChI is InChI=1S/C16H30N2O3/c1-11(2)13-8-4-5-9-14(13)18-16(21)17-10-6-7-12(3)15(19)20/h11-14H,4-10H2,1-3H3,(H,19,20)(H2,17,18,21). The summed E-state index contributed by atoms with van der Waals surface area (Å²) in [5, 5.41) is 14.7. The van der Waals surface area contributed by atoms with Crippen LogP contribution < -0.4 is 10.6 Å². The third kappa shape index (κ3) is 6.36. The van der Waals surface area contributed by atoms with Crippen molar-refractivity contribution < 1.29 is 14.7 Å². The lowest BCUT2D eigenvalue weighted by molar-refractivity contribution is -0.141. The van der Waals surface area contributed by atoms with Crippen LogP contribution in [0.25, 0.3) is 0 Å². The Kier molecular flexibility index (Phi) is 7.54. The zero-order valence-electron chi connectivity index (χ0n) is 13.5. The van der Waals surface area contributed by atoms with E-state index in [9.17, 15) is 9.59 Å². The molecule has 1 aliphatic rings. The first-order chi connectivity index (χ1) is 9.91. The molecule has 0 saturated heterocycles. The first-order valence-corrected chi connectivity index (χ1v) is 8.19. The molecule has 1 rings (SSSR count). The first kappa shape index (κ1) is 17.8. The van der Waals surface area contributed by atoms with E-state index in [1.165, 1.54) is 19.3 Å². The average Bonchev–Trinajstić information content (AvgIpc) is 2.43. The van der Waals surface area contributed by atoms with Gasteiger partial charge >= 0.3 is 12.0 Å². The quantitative estimate of drug-likeness (QED) is 0.632. The van der Waals surface area contributed by atoms with Gasteiger partial charge in [-0.25, -0.2) is 4.79 Å². The number of carboxylic acids is 1. The normalized spacial score (nSPS) is 23.6. The van der Waals surface area contributed by atoms with Crippen molar-refractivity contribution in [3.63, 3.8) is 0 Å². The van der Waals surface area contributed by atoms with Crippen molar-refractivity contribution in [2.24, 2.45) is 17.8 Å². The fourth-order valence-corrected chi connectivity index (χ4v) is 3.09. The minimum absolute atomic E-state index is 0.115. The molecule has 1 saturated carbocycles. The van der Waals surface area contributed by atoms with Crippen molar-refractivity contribution in [3.8, 4) is 0 Å². The highest BCUT2D eigenvalue weighted by Gasteiger charge is 2.28. The maximum absolute atomic E-state index is 11.9. The molecule has 0 heterocycles. The average molecular weight is 298 g/mol. The molecular weight excluding hydrogens is 268 g/mol. The van der Waals surface area contributed by atoms with Crippen LogP contribution in [-0.4, -0.2) is 29.7 Å². The molecule has 3 atom stereocenters. The smallest absolute Gasteiger partial charge is 0.315 e. The molecule has 3 N–H and O–H groups in total. The summed E-state index contributed by atoms with van der Waals surface area (Å²) in [6.07, 6.45) is 5.98. The minimum Gasteiger partial charge on any atom is -0.481 e. The van der Waals surface area contributed by atoms with Gasteiger partial charge < -0.3 is 15.7 Å². The van der Waals surface area contributed by atoms with Crippen molar-refractivity contribution in [2.75, 3.05) is 6.54 Å². The topological polar surface area (TPSA) is 78.4 Å². The third-order valence-electron chi connectivity index (χ3n) is 4.51. The van der Waals surface area contributed by atoms with Crippen molar-refractivity contribution in [2.45, 2.75) is 65.3 Å². The van der Waals surface area contributed by atoms with Gasteiger partial charge in [-0.2, -0.15) is 0 Å². The number of urea groups is 1. The zero-order valence-corrected chi connectivity index (χ0v) is 13.5. The predicted octanol–water partition coefficient (Wildman–Crippen LogP) is 3.00. The number of carbonyl (C=O) groups excluding carboxylic acids is 1. The van der Waals surface area contributed by atoms with E-state index in [4.69, 9.17) is 5.11 Å². The van der Waals surface area contributed by atoms with Crippen LogP contribution in [0, 0.1) is 17.8 Å². The Bertz CT molecular complexity index is 344. The molecule has 0 spiro atoms. The van der Waals surface area contributed by atoms with Crippen LogP contribution in [0.1, 0.15) is 59.3 Å². The van der Waals surface area contributed by atoms with Crippen molar-refractivity contribution in [1.82, 2.24) is 10.6 Å². The van der Waals surface area contributed by atoms with Gasteiger partial charge in [-0.3, -0.25) is 4.79 Å². The molecule has 0 aliphatic heterocycles. The zero-order chi connectivity index (χ0) is 15.8. The number of carbonyl (C=O) groups is 2. The Hall–Kier alpha value is -1.26. The fourth-order valence-electron chi connectivity index (χ4n) is 3.09. The molecule has 1 fully saturated rings. The predicted molar refractivity (Wildman–Crippen MR) is 83.2 cm³/mol. The van der Waals surface area contributed by atoms with Crippen LogP contribution in [0.15, 0.2) is 0 Å². The summed E-state index contributed by atoms with van der Waals surface area (Å²) >= 11 is 0. The number of carboxylic acid groups (broad SMARTS) is 1. The summed E-state index contributed by atoms with van der Waals surface area (Å²) in [6.45, 7) is 6.66. The Balaban J connectivity index is 2.24. The summed E-state index contributed by atoms with van der Waals surface area (Å²) in [5.41, 5.74) is 0. The number of hydrogen-bond donors (Lipinski definition) is 3. The fraction of sp³-hybridized carbons (Fsp3) is 0.875. The molecule has 21 heavy (non-hydrogen) atoms. The molecule has 5 heteroatoms. The molecule has 0 aromatic carbocycles. The third-order valence-corrected chi connectivity index (χ3v) is 4.51. The summed E-state index contributed by atoms with van der Waals surface area (Å²) < 4.78 is 0. The number of nitrogens with one attached hydrogen (secondary N) is 2. The lowest BCUT2D eigenvalue weighted by Crippen LogP contribution is -2.48. The highest BCUT2D eigenvalue weighted by Crippen LogP contribution is 2.30. The van der Waals surface area contributed by atoms with Crippen molar-refractivity contribution in [1.29, 1.82) is 0 Å². The Morgan fingerprint density at radius 1 is 1.19 bits per heavy atom. The highest BCUT2D eigenvalue weighted by molar-refractivity contribution is 5.74. The second-order valence-electron chi connectivity index (χ2n) is 6.58.